The number of alkyl halides is 3. The summed E-state index contributed by atoms with van der Waals surface area (Å²) >= 11 is 0. The van der Waals surface area contributed by atoms with E-state index in [0.29, 0.717) is 29.0 Å². The number of pyridine rings is 1. The summed E-state index contributed by atoms with van der Waals surface area (Å²) in [6.07, 6.45) is 0.285. The van der Waals surface area contributed by atoms with Gasteiger partial charge in [0.15, 0.2) is 5.65 Å². The smallest absolute Gasteiger partial charge is 0.382 e. The van der Waals surface area contributed by atoms with Crippen LogP contribution in [0, 0.1) is 13.8 Å². The summed E-state index contributed by atoms with van der Waals surface area (Å²) in [7, 11) is 0. The molecule has 10 heteroatoms. The summed E-state index contributed by atoms with van der Waals surface area (Å²) in [5, 5.41) is 8.73. The lowest BCUT2D eigenvalue weighted by Gasteiger charge is -2.15. The van der Waals surface area contributed by atoms with Crippen LogP contribution in [0.3, 0.4) is 0 Å². The van der Waals surface area contributed by atoms with Crippen LogP contribution in [0.15, 0.2) is 54.9 Å². The standard InChI is InChI=1S/C31H32F3N5O2/c1-4-35-29(40)24-9-5-20(13-18(24)2)22-15-26(36-12-11-31(32,33)34)28-37-16-27(39(28)17-22)21-6-10-25(19(3)14-21)30(41)38-23-7-8-23/h5-6,9-10,13-17,23,36H,4,7-8,11-12H2,1-3H3,(H,35,40)(H,38,41). The quantitative estimate of drug-likeness (QED) is 0.223. The number of carbonyl (C=O) groups excluding carboxylic acids is 2. The van der Waals surface area contributed by atoms with E-state index in [-0.39, 0.29) is 24.4 Å². The number of rotatable bonds is 9. The molecule has 7 nitrogen and oxygen atoms in total. The van der Waals surface area contributed by atoms with Crippen LogP contribution in [-0.4, -0.2) is 46.5 Å². The predicted molar refractivity (Wildman–Crippen MR) is 153 cm³/mol. The number of nitrogens with zero attached hydrogens (tertiary/aromatic N) is 2. The topological polar surface area (TPSA) is 87.5 Å². The number of benzene rings is 2. The Labute approximate surface area is 236 Å². The number of fused-ring (bicyclic) bond motifs is 1. The molecule has 2 amide bonds. The number of aryl methyl sites for hydroxylation is 2. The van der Waals surface area contributed by atoms with Crippen LogP contribution in [0.25, 0.3) is 28.0 Å². The molecule has 1 fully saturated rings. The molecule has 2 heterocycles. The van der Waals surface area contributed by atoms with Crippen molar-refractivity contribution in [3.05, 3.63) is 77.1 Å². The minimum Gasteiger partial charge on any atom is -0.382 e. The van der Waals surface area contributed by atoms with Crippen LogP contribution in [0.5, 0.6) is 0 Å². The first-order chi connectivity index (χ1) is 19.5. The van der Waals surface area contributed by atoms with Crippen molar-refractivity contribution in [3.8, 4) is 22.4 Å². The van der Waals surface area contributed by atoms with Gasteiger partial charge in [-0.15, -0.1) is 0 Å². The van der Waals surface area contributed by atoms with Crippen molar-refractivity contribution in [2.24, 2.45) is 0 Å². The van der Waals surface area contributed by atoms with Gasteiger partial charge in [-0.3, -0.25) is 14.0 Å². The van der Waals surface area contributed by atoms with Gasteiger partial charge in [0.05, 0.1) is 24.0 Å². The van der Waals surface area contributed by atoms with Crippen LogP contribution >= 0.6 is 0 Å². The lowest BCUT2D eigenvalue weighted by atomic mass is 10.00. The molecule has 0 atom stereocenters. The van der Waals surface area contributed by atoms with Gasteiger partial charge in [-0.1, -0.05) is 18.2 Å². The summed E-state index contributed by atoms with van der Waals surface area (Å²) < 4.78 is 40.6. The van der Waals surface area contributed by atoms with Gasteiger partial charge >= 0.3 is 6.18 Å². The van der Waals surface area contributed by atoms with Gasteiger partial charge in [0, 0.05) is 47.6 Å². The molecule has 1 aliphatic carbocycles. The third-order valence-corrected chi connectivity index (χ3v) is 7.15. The molecule has 0 radical (unpaired) electrons. The number of hydrogen-bond acceptors (Lipinski definition) is 4. The monoisotopic (exact) mass is 563 g/mol. The van der Waals surface area contributed by atoms with Gasteiger partial charge in [0.1, 0.15) is 0 Å². The fraction of sp³-hybridized carbons (Fsp3) is 0.323. The summed E-state index contributed by atoms with van der Waals surface area (Å²) in [4.78, 5) is 29.6. The highest BCUT2D eigenvalue weighted by Crippen LogP contribution is 2.32. The number of hydrogen-bond donors (Lipinski definition) is 3. The Morgan fingerprint density at radius 3 is 2.24 bits per heavy atom. The van der Waals surface area contributed by atoms with Gasteiger partial charge in [-0.05, 0) is 74.6 Å². The van der Waals surface area contributed by atoms with E-state index in [9.17, 15) is 22.8 Å². The first-order valence-corrected chi connectivity index (χ1v) is 13.7. The van der Waals surface area contributed by atoms with E-state index in [4.69, 9.17) is 0 Å². The molecule has 41 heavy (non-hydrogen) atoms. The van der Waals surface area contributed by atoms with Crippen LogP contribution in [0.2, 0.25) is 0 Å². The van der Waals surface area contributed by atoms with Crippen molar-refractivity contribution in [2.75, 3.05) is 18.4 Å². The highest BCUT2D eigenvalue weighted by atomic mass is 19.4. The summed E-state index contributed by atoms with van der Waals surface area (Å²) in [5.41, 5.74) is 6.79. The molecule has 0 saturated heterocycles. The Kier molecular flexibility index (Phi) is 7.75. The van der Waals surface area contributed by atoms with E-state index in [1.54, 1.807) is 24.4 Å². The van der Waals surface area contributed by atoms with Crippen LogP contribution in [-0.2, 0) is 0 Å². The number of anilines is 1. The molecule has 2 aromatic heterocycles. The molecule has 1 aliphatic rings. The van der Waals surface area contributed by atoms with Crippen molar-refractivity contribution < 1.29 is 22.8 Å². The van der Waals surface area contributed by atoms with E-state index in [2.05, 4.69) is 20.9 Å². The molecule has 2 aromatic carbocycles. The van der Waals surface area contributed by atoms with E-state index in [1.807, 2.05) is 55.6 Å². The lowest BCUT2D eigenvalue weighted by molar-refractivity contribution is -0.131. The third kappa shape index (κ3) is 6.37. The fourth-order valence-corrected chi connectivity index (χ4v) is 4.85. The Hall–Kier alpha value is -4.34. The highest BCUT2D eigenvalue weighted by Gasteiger charge is 2.27. The summed E-state index contributed by atoms with van der Waals surface area (Å²) in [5.74, 6) is -0.261. The SMILES string of the molecule is CCNC(=O)c1ccc(-c2cc(NCCC(F)(F)F)c3ncc(-c4ccc(C(=O)NC5CC5)c(C)c4)n3c2)cc1C. The van der Waals surface area contributed by atoms with Gasteiger partial charge in [0.25, 0.3) is 11.8 Å². The van der Waals surface area contributed by atoms with Gasteiger partial charge in [-0.2, -0.15) is 13.2 Å². The molecule has 0 bridgehead atoms. The number of nitrogens with one attached hydrogen (secondary N) is 3. The third-order valence-electron chi connectivity index (χ3n) is 7.15. The number of amides is 2. The van der Waals surface area contributed by atoms with Crippen molar-refractivity contribution in [3.63, 3.8) is 0 Å². The molecular weight excluding hydrogens is 531 g/mol. The molecule has 0 aliphatic heterocycles. The van der Waals surface area contributed by atoms with Crippen LogP contribution < -0.4 is 16.0 Å². The zero-order valence-electron chi connectivity index (χ0n) is 23.2. The second-order valence-electron chi connectivity index (χ2n) is 10.4. The summed E-state index contributed by atoms with van der Waals surface area (Å²) in [6, 6.07) is 13.1. The van der Waals surface area contributed by atoms with Gasteiger partial charge < -0.3 is 16.0 Å². The van der Waals surface area contributed by atoms with E-state index >= 15 is 0 Å². The zero-order valence-corrected chi connectivity index (χ0v) is 23.2. The van der Waals surface area contributed by atoms with Crippen molar-refractivity contribution in [2.45, 2.75) is 52.3 Å². The molecule has 1 saturated carbocycles. The second kappa shape index (κ2) is 11.3. The maximum atomic E-state index is 12.9. The number of aromatic nitrogens is 2. The maximum absolute atomic E-state index is 12.9. The van der Waals surface area contributed by atoms with Crippen molar-refractivity contribution >= 4 is 23.1 Å². The van der Waals surface area contributed by atoms with Crippen LogP contribution in [0.1, 0.15) is 58.0 Å². The number of imidazole rings is 1. The molecule has 3 N–H and O–H groups in total. The summed E-state index contributed by atoms with van der Waals surface area (Å²) in [6.45, 7) is 5.79. The van der Waals surface area contributed by atoms with Crippen molar-refractivity contribution in [1.82, 2.24) is 20.0 Å². The number of carbonyl (C=O) groups is 2. The highest BCUT2D eigenvalue weighted by molar-refractivity contribution is 5.97. The minimum atomic E-state index is -4.29. The fourth-order valence-electron chi connectivity index (χ4n) is 4.85. The van der Waals surface area contributed by atoms with Gasteiger partial charge in [0.2, 0.25) is 0 Å². The Morgan fingerprint density at radius 1 is 0.951 bits per heavy atom. The average molecular weight is 564 g/mol. The Bertz CT molecular complexity index is 1620. The molecule has 4 aromatic rings. The molecule has 0 spiro atoms. The number of halogens is 3. The normalized spacial score (nSPS) is 13.3. The Morgan fingerprint density at radius 2 is 1.61 bits per heavy atom. The second-order valence-corrected chi connectivity index (χ2v) is 10.4. The molecule has 5 rings (SSSR count). The molecular formula is C31H32F3N5O2. The first kappa shape index (κ1) is 28.2. The van der Waals surface area contributed by atoms with Crippen molar-refractivity contribution in [1.29, 1.82) is 0 Å². The average Bonchev–Trinajstić information content (AvgIpc) is 3.62. The molecule has 0 unspecified atom stereocenters. The lowest BCUT2D eigenvalue weighted by Crippen LogP contribution is -2.26. The minimum absolute atomic E-state index is 0.0976. The van der Waals surface area contributed by atoms with Crippen LogP contribution in [0.4, 0.5) is 18.9 Å². The first-order valence-electron chi connectivity index (χ1n) is 13.7. The molecule has 214 valence electrons. The maximum Gasteiger partial charge on any atom is 0.390 e. The van der Waals surface area contributed by atoms with Gasteiger partial charge in [-0.25, -0.2) is 4.98 Å². The predicted octanol–water partition coefficient (Wildman–Crippen LogP) is 6.29. The van der Waals surface area contributed by atoms with E-state index < -0.39 is 12.6 Å². The van der Waals surface area contributed by atoms with E-state index in [1.165, 1.54) is 0 Å². The Balaban J connectivity index is 1.55. The largest absolute Gasteiger partial charge is 0.390 e. The van der Waals surface area contributed by atoms with E-state index in [0.717, 1.165) is 46.4 Å². The zero-order chi connectivity index (χ0) is 29.3.